The highest BCUT2D eigenvalue weighted by molar-refractivity contribution is 6.78. The normalized spacial score (nSPS) is 35.0. The number of fused-ring (bicyclic) bond motifs is 2. The van der Waals surface area contributed by atoms with Crippen LogP contribution in [0.1, 0.15) is 34.6 Å². The van der Waals surface area contributed by atoms with Gasteiger partial charge < -0.3 is 0 Å². The molecule has 0 aromatic carbocycles. The van der Waals surface area contributed by atoms with Gasteiger partial charge in [-0.3, -0.25) is 0 Å². The third kappa shape index (κ3) is 1.47. The van der Waals surface area contributed by atoms with Gasteiger partial charge in [0.15, 0.2) is 10.8 Å². The van der Waals surface area contributed by atoms with Crippen molar-refractivity contribution in [3.8, 4) is 24.3 Å². The standard InChI is InChI=1S/C20H26N4Si/c1-13(2)20-15(4)14(3)17(5,16(20)25(6,7)8)18(9-21,10-22)19(20,11-23)12-24/h13,16H,1-8H3/t16-,17+,20-/m0/s1. The average molecular weight is 351 g/mol. The van der Waals surface area contributed by atoms with Gasteiger partial charge in [0.1, 0.15) is 0 Å². The van der Waals surface area contributed by atoms with E-state index in [0.717, 1.165) is 11.1 Å². The highest BCUT2D eigenvalue weighted by atomic mass is 28.3. The summed E-state index contributed by atoms with van der Waals surface area (Å²) in [4.78, 5) is 0. The second-order valence-corrected chi connectivity index (χ2v) is 14.5. The van der Waals surface area contributed by atoms with Gasteiger partial charge in [-0.1, -0.05) is 51.6 Å². The van der Waals surface area contributed by atoms with Crippen molar-refractivity contribution in [1.82, 2.24) is 0 Å². The molecule has 4 nitrogen and oxygen atoms in total. The molecule has 0 N–H and O–H groups in total. The number of allylic oxidation sites excluding steroid dienone is 2. The Morgan fingerprint density at radius 2 is 1.24 bits per heavy atom. The second kappa shape index (κ2) is 4.97. The Kier molecular flexibility index (Phi) is 3.83. The molecule has 5 heteroatoms. The third-order valence-electron chi connectivity index (χ3n) is 7.40. The summed E-state index contributed by atoms with van der Waals surface area (Å²) in [6.45, 7) is 16.7. The van der Waals surface area contributed by atoms with E-state index in [1.807, 2.05) is 34.6 Å². The Labute approximate surface area is 152 Å². The van der Waals surface area contributed by atoms with Crippen molar-refractivity contribution in [3.05, 3.63) is 11.1 Å². The van der Waals surface area contributed by atoms with Crippen molar-refractivity contribution >= 4 is 8.07 Å². The van der Waals surface area contributed by atoms with E-state index in [4.69, 9.17) is 0 Å². The highest BCUT2D eigenvalue weighted by Crippen LogP contribution is 2.87. The molecule has 25 heavy (non-hydrogen) atoms. The predicted octanol–water partition coefficient (Wildman–Crippen LogP) is 4.77. The molecule has 2 bridgehead atoms. The van der Waals surface area contributed by atoms with Crippen molar-refractivity contribution in [2.24, 2.45) is 27.6 Å². The van der Waals surface area contributed by atoms with E-state index < -0.39 is 29.7 Å². The van der Waals surface area contributed by atoms with Crippen LogP contribution in [0.2, 0.25) is 25.2 Å². The quantitative estimate of drug-likeness (QED) is 0.529. The summed E-state index contributed by atoms with van der Waals surface area (Å²) < 4.78 is 0. The summed E-state index contributed by atoms with van der Waals surface area (Å²) in [6, 6.07) is 8.88. The molecule has 2 rings (SSSR count). The number of nitrogens with zero attached hydrogens (tertiary/aromatic N) is 4. The number of hydrogen-bond acceptors (Lipinski definition) is 4. The van der Waals surface area contributed by atoms with Crippen LogP contribution in [0, 0.1) is 72.9 Å². The largest absolute Gasteiger partial charge is 0.196 e. The van der Waals surface area contributed by atoms with E-state index in [1.165, 1.54) is 0 Å². The summed E-state index contributed by atoms with van der Waals surface area (Å²) in [5.41, 5.74) is -2.85. The van der Waals surface area contributed by atoms with Crippen molar-refractivity contribution in [1.29, 1.82) is 21.0 Å². The number of hydrogen-bond donors (Lipinski definition) is 0. The Morgan fingerprint density at radius 3 is 1.52 bits per heavy atom. The molecule has 3 atom stereocenters. The molecule has 1 saturated carbocycles. The average Bonchev–Trinajstić information content (AvgIpc) is 2.85. The van der Waals surface area contributed by atoms with Crippen LogP contribution in [0.3, 0.4) is 0 Å². The maximum atomic E-state index is 10.3. The van der Waals surface area contributed by atoms with Gasteiger partial charge >= 0.3 is 0 Å². The van der Waals surface area contributed by atoms with E-state index >= 15 is 0 Å². The molecular weight excluding hydrogens is 324 g/mol. The van der Waals surface area contributed by atoms with Gasteiger partial charge in [0.25, 0.3) is 0 Å². The van der Waals surface area contributed by atoms with E-state index in [1.54, 1.807) is 0 Å². The van der Waals surface area contributed by atoms with Crippen LogP contribution in [0.25, 0.3) is 0 Å². The summed E-state index contributed by atoms with van der Waals surface area (Å²) >= 11 is 0. The highest BCUT2D eigenvalue weighted by Gasteiger charge is 2.88. The van der Waals surface area contributed by atoms with E-state index in [-0.39, 0.29) is 11.5 Å². The van der Waals surface area contributed by atoms with Gasteiger partial charge in [-0.05, 0) is 25.3 Å². The lowest BCUT2D eigenvalue weighted by Gasteiger charge is -2.49. The monoisotopic (exact) mass is 350 g/mol. The fourth-order valence-corrected chi connectivity index (χ4v) is 11.1. The van der Waals surface area contributed by atoms with E-state index in [9.17, 15) is 21.0 Å². The minimum atomic E-state index is -1.97. The lowest BCUT2D eigenvalue weighted by molar-refractivity contribution is 0.105. The maximum absolute atomic E-state index is 10.3. The minimum Gasteiger partial charge on any atom is -0.196 e. The first-order valence-electron chi connectivity index (χ1n) is 8.70. The zero-order valence-electron chi connectivity index (χ0n) is 16.4. The Hall–Kier alpha value is -2.08. The molecule has 0 unspecified atom stereocenters. The Bertz CT molecular complexity index is 805. The summed E-state index contributed by atoms with van der Waals surface area (Å²) in [5, 5.41) is 40.9. The number of rotatable bonds is 2. The summed E-state index contributed by atoms with van der Waals surface area (Å²) in [7, 11) is -1.97. The molecule has 130 valence electrons. The zero-order valence-corrected chi connectivity index (χ0v) is 17.4. The van der Waals surface area contributed by atoms with Gasteiger partial charge in [-0.15, -0.1) is 0 Å². The van der Waals surface area contributed by atoms with Crippen LogP contribution in [0.15, 0.2) is 11.1 Å². The molecule has 0 amide bonds. The molecule has 0 aromatic rings. The van der Waals surface area contributed by atoms with Crippen LogP contribution >= 0.6 is 0 Å². The van der Waals surface area contributed by atoms with Crippen molar-refractivity contribution in [2.75, 3.05) is 0 Å². The van der Waals surface area contributed by atoms with Crippen LogP contribution in [-0.2, 0) is 0 Å². The van der Waals surface area contributed by atoms with Crippen molar-refractivity contribution < 1.29 is 0 Å². The summed E-state index contributed by atoms with van der Waals surface area (Å²) in [6.07, 6.45) is 0. The lowest BCUT2D eigenvalue weighted by Crippen LogP contribution is -2.53. The van der Waals surface area contributed by atoms with E-state index in [2.05, 4.69) is 43.9 Å². The zero-order chi connectivity index (χ0) is 19.6. The molecule has 0 saturated heterocycles. The fourth-order valence-electron chi connectivity index (χ4n) is 6.83. The summed E-state index contributed by atoms with van der Waals surface area (Å²) in [5.74, 6) is -0.0242. The number of nitriles is 4. The topological polar surface area (TPSA) is 95.2 Å². The smallest absolute Gasteiger partial charge is 0.185 e. The predicted molar refractivity (Wildman–Crippen MR) is 98.2 cm³/mol. The van der Waals surface area contributed by atoms with Gasteiger partial charge in [0, 0.05) is 18.9 Å². The van der Waals surface area contributed by atoms with Gasteiger partial charge in [-0.2, -0.15) is 21.0 Å². The van der Waals surface area contributed by atoms with Crippen LogP contribution < -0.4 is 0 Å². The fraction of sp³-hybridized carbons (Fsp3) is 0.700. The third-order valence-corrected chi connectivity index (χ3v) is 10.2. The second-order valence-electron chi connectivity index (χ2n) is 9.22. The van der Waals surface area contributed by atoms with Crippen molar-refractivity contribution in [2.45, 2.75) is 59.8 Å². The van der Waals surface area contributed by atoms with E-state index in [0.29, 0.717) is 0 Å². The SMILES string of the molecule is CC1=C(C)[C@@]2(C(C)C)[C@@H]([Si](C)(C)C)[C@]1(C)C(C#N)(C#N)C2(C#N)C#N. The first-order chi connectivity index (χ1) is 11.4. The first kappa shape index (κ1) is 19.2. The van der Waals surface area contributed by atoms with Crippen LogP contribution in [0.4, 0.5) is 0 Å². The van der Waals surface area contributed by atoms with Gasteiger partial charge in [0.05, 0.1) is 24.3 Å². The molecule has 0 spiro atoms. The van der Waals surface area contributed by atoms with Gasteiger partial charge in [-0.25, -0.2) is 0 Å². The molecule has 2 aliphatic carbocycles. The molecule has 1 fully saturated rings. The van der Waals surface area contributed by atoms with Crippen LogP contribution in [-0.4, -0.2) is 8.07 Å². The molecule has 2 aliphatic rings. The first-order valence-corrected chi connectivity index (χ1v) is 12.3. The van der Waals surface area contributed by atoms with Crippen molar-refractivity contribution in [3.63, 3.8) is 0 Å². The Morgan fingerprint density at radius 1 is 0.840 bits per heavy atom. The lowest BCUT2D eigenvalue weighted by atomic mass is 9.47. The molecule has 0 aromatic heterocycles. The van der Waals surface area contributed by atoms with Gasteiger partial charge in [0.2, 0.25) is 0 Å². The van der Waals surface area contributed by atoms with Crippen LogP contribution in [0.5, 0.6) is 0 Å². The molecular formula is C20H26N4Si. The molecule has 0 aliphatic heterocycles. The molecule has 0 heterocycles. The minimum absolute atomic E-state index is 0.0221. The Balaban J connectivity index is 3.26. The molecule has 0 radical (unpaired) electrons. The maximum Gasteiger partial charge on any atom is 0.185 e.